The SMILES string of the molecule is C=CC[C@@]1(C)C(=O)CC[C@@H]1O[Si](C)(C)C(C)(C)C. The minimum atomic E-state index is -1.80. The Morgan fingerprint density at radius 2 is 2.06 bits per heavy atom. The molecule has 1 aliphatic rings. The van der Waals surface area contributed by atoms with Crippen LogP contribution in [0.1, 0.15) is 47.0 Å². The second kappa shape index (κ2) is 4.93. The molecule has 3 heteroatoms. The van der Waals surface area contributed by atoms with E-state index in [1.165, 1.54) is 0 Å². The molecule has 1 fully saturated rings. The molecule has 1 rings (SSSR count). The largest absolute Gasteiger partial charge is 0.413 e. The molecule has 0 aliphatic heterocycles. The van der Waals surface area contributed by atoms with E-state index in [4.69, 9.17) is 4.43 Å². The van der Waals surface area contributed by atoms with Crippen molar-refractivity contribution >= 4 is 14.1 Å². The van der Waals surface area contributed by atoms with E-state index in [-0.39, 0.29) is 16.6 Å². The maximum Gasteiger partial charge on any atom is 0.192 e. The number of ketones is 1. The Kier molecular flexibility index (Phi) is 4.29. The van der Waals surface area contributed by atoms with Crippen molar-refractivity contribution in [3.05, 3.63) is 12.7 Å². The lowest BCUT2D eigenvalue weighted by atomic mass is 9.82. The van der Waals surface area contributed by atoms with Crippen LogP contribution in [0, 0.1) is 5.41 Å². The van der Waals surface area contributed by atoms with Gasteiger partial charge in [0.1, 0.15) is 5.78 Å². The maximum absolute atomic E-state index is 12.1. The Labute approximate surface area is 113 Å². The first-order valence-electron chi connectivity index (χ1n) is 6.86. The summed E-state index contributed by atoms with van der Waals surface area (Å²) in [5.74, 6) is 0.339. The number of carbonyl (C=O) groups is 1. The molecule has 0 radical (unpaired) electrons. The van der Waals surface area contributed by atoms with Crippen molar-refractivity contribution in [3.63, 3.8) is 0 Å². The summed E-state index contributed by atoms with van der Waals surface area (Å²) in [6.07, 6.45) is 4.18. The molecule has 0 N–H and O–H groups in total. The van der Waals surface area contributed by atoms with Crippen LogP contribution in [0.15, 0.2) is 12.7 Å². The zero-order valence-electron chi connectivity index (χ0n) is 12.8. The number of rotatable bonds is 4. The average Bonchev–Trinajstić information content (AvgIpc) is 2.45. The van der Waals surface area contributed by atoms with Crippen molar-refractivity contribution in [2.24, 2.45) is 5.41 Å². The van der Waals surface area contributed by atoms with Crippen molar-refractivity contribution in [3.8, 4) is 0 Å². The first-order valence-corrected chi connectivity index (χ1v) is 9.77. The van der Waals surface area contributed by atoms with Crippen LogP contribution in [0.25, 0.3) is 0 Å². The van der Waals surface area contributed by atoms with Crippen LogP contribution in [0.4, 0.5) is 0 Å². The van der Waals surface area contributed by atoms with Crippen molar-refractivity contribution in [2.45, 2.75) is 71.2 Å². The van der Waals surface area contributed by atoms with Crippen LogP contribution in [0.2, 0.25) is 18.1 Å². The summed E-state index contributed by atoms with van der Waals surface area (Å²) in [5, 5.41) is 0.188. The Morgan fingerprint density at radius 1 is 1.50 bits per heavy atom. The Balaban J connectivity index is 2.91. The number of hydrogen-bond acceptors (Lipinski definition) is 2. The Morgan fingerprint density at radius 3 is 2.50 bits per heavy atom. The van der Waals surface area contributed by atoms with Gasteiger partial charge in [-0.05, 0) is 37.9 Å². The van der Waals surface area contributed by atoms with Gasteiger partial charge in [-0.15, -0.1) is 6.58 Å². The summed E-state index contributed by atoms with van der Waals surface area (Å²) in [7, 11) is -1.80. The molecule has 2 nitrogen and oxygen atoms in total. The minimum absolute atomic E-state index is 0.0730. The van der Waals surface area contributed by atoms with E-state index in [9.17, 15) is 4.79 Å². The first kappa shape index (κ1) is 15.6. The Bertz CT molecular complexity index is 341. The summed E-state index contributed by atoms with van der Waals surface area (Å²) in [6, 6.07) is 0. The fourth-order valence-corrected chi connectivity index (χ4v) is 3.76. The van der Waals surface area contributed by atoms with Gasteiger partial charge in [-0.25, -0.2) is 0 Å². The molecular formula is C15H28O2Si. The fourth-order valence-electron chi connectivity index (χ4n) is 2.31. The topological polar surface area (TPSA) is 26.3 Å². The monoisotopic (exact) mass is 268 g/mol. The third-order valence-corrected chi connectivity index (χ3v) is 9.28. The lowest BCUT2D eigenvalue weighted by molar-refractivity contribution is -0.127. The lowest BCUT2D eigenvalue weighted by Gasteiger charge is -2.42. The normalized spacial score (nSPS) is 29.7. The highest BCUT2D eigenvalue weighted by molar-refractivity contribution is 6.74. The van der Waals surface area contributed by atoms with Crippen LogP contribution < -0.4 is 0 Å². The molecule has 0 aromatic carbocycles. The van der Waals surface area contributed by atoms with Gasteiger partial charge in [0.15, 0.2) is 8.32 Å². The van der Waals surface area contributed by atoms with Gasteiger partial charge in [-0.2, -0.15) is 0 Å². The first-order chi connectivity index (χ1) is 8.04. The van der Waals surface area contributed by atoms with E-state index in [1.807, 2.05) is 13.0 Å². The number of carbonyl (C=O) groups excluding carboxylic acids is 1. The zero-order chi connectivity index (χ0) is 14.2. The lowest BCUT2D eigenvalue weighted by Crippen LogP contribution is -2.48. The van der Waals surface area contributed by atoms with Gasteiger partial charge in [0.25, 0.3) is 0 Å². The highest BCUT2D eigenvalue weighted by atomic mass is 28.4. The molecule has 0 aromatic rings. The van der Waals surface area contributed by atoms with Crippen LogP contribution in [0.3, 0.4) is 0 Å². The quantitative estimate of drug-likeness (QED) is 0.560. The van der Waals surface area contributed by atoms with Crippen molar-refractivity contribution in [2.75, 3.05) is 0 Å². The van der Waals surface area contributed by atoms with Crippen LogP contribution >= 0.6 is 0 Å². The maximum atomic E-state index is 12.1. The highest BCUT2D eigenvalue weighted by Gasteiger charge is 2.50. The molecule has 1 aliphatic carbocycles. The van der Waals surface area contributed by atoms with Crippen LogP contribution in [-0.4, -0.2) is 20.2 Å². The minimum Gasteiger partial charge on any atom is -0.413 e. The molecule has 0 unspecified atom stereocenters. The van der Waals surface area contributed by atoms with E-state index in [0.717, 1.165) is 12.8 Å². The average molecular weight is 268 g/mol. The van der Waals surface area contributed by atoms with Crippen molar-refractivity contribution in [1.29, 1.82) is 0 Å². The van der Waals surface area contributed by atoms with Gasteiger partial charge in [0.2, 0.25) is 0 Å². The predicted molar refractivity (Wildman–Crippen MR) is 79.2 cm³/mol. The molecule has 2 atom stereocenters. The molecular weight excluding hydrogens is 240 g/mol. The van der Waals surface area contributed by atoms with Gasteiger partial charge in [0, 0.05) is 6.42 Å². The van der Waals surface area contributed by atoms with E-state index >= 15 is 0 Å². The van der Waals surface area contributed by atoms with Gasteiger partial charge in [0.05, 0.1) is 11.5 Å². The standard InChI is InChI=1S/C15H28O2Si/c1-8-11-15(5)12(16)9-10-13(15)17-18(6,7)14(2,3)4/h8,13H,1,9-11H2,2-7H3/t13-,15-/m0/s1. The molecule has 0 heterocycles. The van der Waals surface area contributed by atoms with Crippen molar-refractivity contribution in [1.82, 2.24) is 0 Å². The third-order valence-electron chi connectivity index (χ3n) is 4.79. The zero-order valence-corrected chi connectivity index (χ0v) is 13.8. The number of allylic oxidation sites excluding steroid dienone is 1. The molecule has 0 aromatic heterocycles. The summed E-state index contributed by atoms with van der Waals surface area (Å²) < 4.78 is 6.47. The van der Waals surface area contributed by atoms with Gasteiger partial charge in [-0.1, -0.05) is 26.8 Å². The molecule has 0 amide bonds. The summed E-state index contributed by atoms with van der Waals surface area (Å²) in [6.45, 7) is 17.0. The van der Waals surface area contributed by atoms with Gasteiger partial charge < -0.3 is 4.43 Å². The second-order valence-electron chi connectivity index (χ2n) is 7.24. The Hall–Kier alpha value is -0.413. The van der Waals surface area contributed by atoms with Crippen LogP contribution in [-0.2, 0) is 9.22 Å². The molecule has 18 heavy (non-hydrogen) atoms. The highest BCUT2D eigenvalue weighted by Crippen LogP contribution is 2.45. The molecule has 0 spiro atoms. The second-order valence-corrected chi connectivity index (χ2v) is 12.0. The smallest absolute Gasteiger partial charge is 0.192 e. The van der Waals surface area contributed by atoms with E-state index < -0.39 is 8.32 Å². The molecule has 104 valence electrons. The summed E-state index contributed by atoms with van der Waals surface area (Å²) >= 11 is 0. The fraction of sp³-hybridized carbons (Fsp3) is 0.800. The summed E-state index contributed by atoms with van der Waals surface area (Å²) in [5.41, 5.74) is -0.350. The molecule has 0 saturated heterocycles. The van der Waals surface area contributed by atoms with E-state index in [2.05, 4.69) is 40.4 Å². The molecule has 1 saturated carbocycles. The van der Waals surface area contributed by atoms with Crippen LogP contribution in [0.5, 0.6) is 0 Å². The third kappa shape index (κ3) is 2.77. The molecule has 0 bridgehead atoms. The van der Waals surface area contributed by atoms with Gasteiger partial charge >= 0.3 is 0 Å². The van der Waals surface area contributed by atoms with E-state index in [0.29, 0.717) is 12.2 Å². The predicted octanol–water partition coefficient (Wildman–Crippen LogP) is 4.32. The number of hydrogen-bond donors (Lipinski definition) is 0. The number of Topliss-reactive ketones (excluding diaryl/α,β-unsaturated/α-hetero) is 1. The van der Waals surface area contributed by atoms with E-state index in [1.54, 1.807) is 0 Å². The van der Waals surface area contributed by atoms with Gasteiger partial charge in [-0.3, -0.25) is 4.79 Å². The van der Waals surface area contributed by atoms with Crippen molar-refractivity contribution < 1.29 is 9.22 Å². The summed E-state index contributed by atoms with van der Waals surface area (Å²) in [4.78, 5) is 12.1.